The number of hydrogen-bond acceptors (Lipinski definition) is 6. The summed E-state index contributed by atoms with van der Waals surface area (Å²) >= 11 is 3.12. The van der Waals surface area contributed by atoms with Gasteiger partial charge in [0.15, 0.2) is 0 Å². The second kappa shape index (κ2) is 6.27. The largest absolute Gasteiger partial charge is 0.360 e. The van der Waals surface area contributed by atoms with Crippen molar-refractivity contribution in [2.75, 3.05) is 5.32 Å². The number of nitro benzene ring substituents is 1. The molecule has 8 nitrogen and oxygen atoms in total. The third-order valence-electron chi connectivity index (χ3n) is 2.64. The predicted octanol–water partition coefficient (Wildman–Crippen LogP) is 3.27. The van der Waals surface area contributed by atoms with E-state index < -0.39 is 9.85 Å². The summed E-state index contributed by atoms with van der Waals surface area (Å²) in [6.07, 6.45) is 1.45. The van der Waals surface area contributed by atoms with Crippen LogP contribution >= 0.6 is 15.9 Å². The summed E-state index contributed by atoms with van der Waals surface area (Å²) < 4.78 is 0.509. The zero-order valence-corrected chi connectivity index (χ0v) is 12.1. The molecule has 0 spiro atoms. The molecule has 21 heavy (non-hydrogen) atoms. The summed E-state index contributed by atoms with van der Waals surface area (Å²) in [6.45, 7) is 0.271. The number of halogens is 1. The number of nitro groups is 2. The van der Waals surface area contributed by atoms with E-state index in [1.165, 1.54) is 24.4 Å². The van der Waals surface area contributed by atoms with Gasteiger partial charge in [-0.05, 0) is 21.5 Å². The first-order chi connectivity index (χ1) is 9.97. The van der Waals surface area contributed by atoms with Crippen LogP contribution in [0.3, 0.4) is 0 Å². The van der Waals surface area contributed by atoms with Gasteiger partial charge in [-0.2, -0.15) is 0 Å². The summed E-state index contributed by atoms with van der Waals surface area (Å²) in [6, 6.07) is 7.26. The molecule has 0 unspecified atom stereocenters. The molecule has 0 bridgehead atoms. The van der Waals surface area contributed by atoms with Crippen molar-refractivity contribution in [3.05, 3.63) is 66.8 Å². The normalized spacial score (nSPS) is 10.1. The van der Waals surface area contributed by atoms with Crippen LogP contribution in [0.4, 0.5) is 17.2 Å². The van der Waals surface area contributed by atoms with Crippen LogP contribution in [-0.2, 0) is 6.54 Å². The molecule has 0 atom stereocenters. The Hall–Kier alpha value is -2.55. The Morgan fingerprint density at radius 3 is 2.38 bits per heavy atom. The zero-order chi connectivity index (χ0) is 15.4. The van der Waals surface area contributed by atoms with Gasteiger partial charge >= 0.3 is 5.69 Å². The first kappa shape index (κ1) is 14.9. The van der Waals surface area contributed by atoms with Crippen LogP contribution in [-0.4, -0.2) is 14.8 Å². The molecule has 2 aromatic rings. The van der Waals surface area contributed by atoms with Crippen molar-refractivity contribution in [3.8, 4) is 0 Å². The molecule has 1 aromatic heterocycles. The van der Waals surface area contributed by atoms with Crippen molar-refractivity contribution in [1.82, 2.24) is 4.98 Å². The van der Waals surface area contributed by atoms with Crippen LogP contribution in [0.5, 0.6) is 0 Å². The van der Waals surface area contributed by atoms with Crippen LogP contribution in [0, 0.1) is 20.2 Å². The number of non-ortho nitro benzene ring substituents is 1. The van der Waals surface area contributed by atoms with Gasteiger partial charge < -0.3 is 5.32 Å². The quantitative estimate of drug-likeness (QED) is 0.652. The minimum atomic E-state index is -0.532. The van der Waals surface area contributed by atoms with Gasteiger partial charge in [0.05, 0.1) is 9.85 Å². The van der Waals surface area contributed by atoms with E-state index >= 15 is 0 Å². The average Bonchev–Trinajstić information content (AvgIpc) is 2.46. The first-order valence-corrected chi connectivity index (χ1v) is 6.54. The molecule has 2 rings (SSSR count). The Kier molecular flexibility index (Phi) is 4.43. The Bertz CT molecular complexity index is 690. The number of nitrogens with zero attached hydrogens (tertiary/aromatic N) is 3. The molecule has 0 saturated heterocycles. The van der Waals surface area contributed by atoms with Gasteiger partial charge in [0.2, 0.25) is 5.82 Å². The number of anilines is 1. The maximum Gasteiger partial charge on any atom is 0.312 e. The van der Waals surface area contributed by atoms with Crippen molar-refractivity contribution in [3.63, 3.8) is 0 Å². The lowest BCUT2D eigenvalue weighted by Gasteiger charge is -2.06. The lowest BCUT2D eigenvalue weighted by Crippen LogP contribution is -2.04. The van der Waals surface area contributed by atoms with E-state index in [2.05, 4.69) is 26.2 Å². The minimum Gasteiger partial charge on any atom is -0.360 e. The van der Waals surface area contributed by atoms with Gasteiger partial charge in [0.25, 0.3) is 5.69 Å². The summed E-state index contributed by atoms with van der Waals surface area (Å²) in [4.78, 5) is 24.4. The van der Waals surface area contributed by atoms with E-state index in [4.69, 9.17) is 0 Å². The van der Waals surface area contributed by atoms with E-state index in [1.54, 1.807) is 12.1 Å². The fourth-order valence-electron chi connectivity index (χ4n) is 1.63. The van der Waals surface area contributed by atoms with E-state index in [1.807, 2.05) is 0 Å². The first-order valence-electron chi connectivity index (χ1n) is 5.74. The van der Waals surface area contributed by atoms with Crippen LogP contribution in [0.15, 0.2) is 41.0 Å². The van der Waals surface area contributed by atoms with E-state index in [0.29, 0.717) is 4.47 Å². The van der Waals surface area contributed by atoms with Gasteiger partial charge in [0.1, 0.15) is 0 Å². The maximum absolute atomic E-state index is 10.9. The number of pyridine rings is 1. The highest BCUT2D eigenvalue weighted by Crippen LogP contribution is 2.25. The zero-order valence-electron chi connectivity index (χ0n) is 10.5. The molecule has 0 aliphatic rings. The fourth-order valence-corrected chi connectivity index (χ4v) is 1.94. The fraction of sp³-hybridized carbons (Fsp3) is 0.0833. The average molecular weight is 353 g/mol. The number of hydrogen-bond donors (Lipinski definition) is 1. The molecule has 1 heterocycles. The van der Waals surface area contributed by atoms with E-state index in [-0.39, 0.29) is 23.7 Å². The van der Waals surface area contributed by atoms with Crippen molar-refractivity contribution >= 4 is 33.1 Å². The summed E-state index contributed by atoms with van der Waals surface area (Å²) in [5.41, 5.74) is 0.595. The van der Waals surface area contributed by atoms with Gasteiger partial charge in [-0.25, -0.2) is 4.98 Å². The molecule has 1 aromatic carbocycles. The minimum absolute atomic E-state index is 0.00787. The molecule has 0 amide bonds. The molecule has 0 aliphatic carbocycles. The standard InChI is InChI=1S/C12H9BrN4O4/c13-9-5-11(17(20)21)12(15-7-9)14-6-8-1-3-10(4-2-8)16(18)19/h1-5,7H,6H2,(H,14,15). The summed E-state index contributed by atoms with van der Waals surface area (Å²) in [5.74, 6) is 0.140. The third kappa shape index (κ3) is 3.72. The SMILES string of the molecule is O=[N+]([O-])c1ccc(CNc2ncc(Br)cc2[N+](=O)[O-])cc1. The molecular formula is C12H9BrN4O4. The second-order valence-electron chi connectivity index (χ2n) is 4.06. The lowest BCUT2D eigenvalue weighted by molar-refractivity contribution is -0.384. The Labute approximate surface area is 127 Å². The molecule has 0 fully saturated rings. The van der Waals surface area contributed by atoms with Crippen LogP contribution < -0.4 is 5.32 Å². The summed E-state index contributed by atoms with van der Waals surface area (Å²) in [7, 11) is 0. The highest BCUT2D eigenvalue weighted by atomic mass is 79.9. The second-order valence-corrected chi connectivity index (χ2v) is 4.97. The molecule has 0 saturated carbocycles. The van der Waals surface area contributed by atoms with Crippen LogP contribution in [0.2, 0.25) is 0 Å². The number of benzene rings is 1. The van der Waals surface area contributed by atoms with Crippen molar-refractivity contribution in [1.29, 1.82) is 0 Å². The molecule has 0 radical (unpaired) electrons. The van der Waals surface area contributed by atoms with Crippen LogP contribution in [0.25, 0.3) is 0 Å². The molecule has 108 valence electrons. The Balaban J connectivity index is 2.13. The molecule has 1 N–H and O–H groups in total. The maximum atomic E-state index is 10.9. The topological polar surface area (TPSA) is 111 Å². The highest BCUT2D eigenvalue weighted by Gasteiger charge is 2.15. The van der Waals surface area contributed by atoms with E-state index in [9.17, 15) is 20.2 Å². The van der Waals surface area contributed by atoms with Gasteiger partial charge in [-0.3, -0.25) is 20.2 Å². The van der Waals surface area contributed by atoms with Crippen molar-refractivity contribution in [2.24, 2.45) is 0 Å². The van der Waals surface area contributed by atoms with Crippen molar-refractivity contribution < 1.29 is 9.85 Å². The molecule has 9 heteroatoms. The number of rotatable bonds is 5. The lowest BCUT2D eigenvalue weighted by atomic mass is 10.2. The highest BCUT2D eigenvalue weighted by molar-refractivity contribution is 9.10. The van der Waals surface area contributed by atoms with Crippen molar-refractivity contribution in [2.45, 2.75) is 6.54 Å². The number of aromatic nitrogens is 1. The third-order valence-corrected chi connectivity index (χ3v) is 3.07. The monoisotopic (exact) mass is 352 g/mol. The van der Waals surface area contributed by atoms with Gasteiger partial charge in [-0.15, -0.1) is 0 Å². The predicted molar refractivity (Wildman–Crippen MR) is 79.0 cm³/mol. The van der Waals surface area contributed by atoms with E-state index in [0.717, 1.165) is 5.56 Å². The molecule has 0 aliphatic heterocycles. The van der Waals surface area contributed by atoms with Gasteiger partial charge in [-0.1, -0.05) is 12.1 Å². The Morgan fingerprint density at radius 2 is 1.81 bits per heavy atom. The smallest absolute Gasteiger partial charge is 0.312 e. The van der Waals surface area contributed by atoms with Crippen LogP contribution in [0.1, 0.15) is 5.56 Å². The Morgan fingerprint density at radius 1 is 1.14 bits per heavy atom. The number of nitrogens with one attached hydrogen (secondary N) is 1. The molecular weight excluding hydrogens is 344 g/mol. The summed E-state index contributed by atoms with van der Waals surface area (Å²) in [5, 5.41) is 24.3. The van der Waals surface area contributed by atoms with Gasteiger partial charge in [0, 0.05) is 35.4 Å².